The van der Waals surface area contributed by atoms with E-state index in [0.29, 0.717) is 25.7 Å². The van der Waals surface area contributed by atoms with Crippen LogP contribution in [0.3, 0.4) is 0 Å². The second-order valence-corrected chi connectivity index (χ2v) is 12.4. The highest BCUT2D eigenvalue weighted by Crippen LogP contribution is 2.69. The van der Waals surface area contributed by atoms with Crippen molar-refractivity contribution in [1.82, 2.24) is 0 Å². The highest BCUT2D eigenvalue weighted by Gasteiger charge is 2.73. The molecule has 0 saturated heterocycles. The maximum Gasteiger partial charge on any atom is 0.0863 e. The van der Waals surface area contributed by atoms with Crippen molar-refractivity contribution in [1.29, 1.82) is 0 Å². The van der Waals surface area contributed by atoms with Crippen molar-refractivity contribution in [2.24, 2.45) is 46.3 Å². The Kier molecular flexibility index (Phi) is 6.61. The lowest BCUT2D eigenvalue weighted by molar-refractivity contribution is -0.280. The molecule has 14 unspecified atom stereocenters. The van der Waals surface area contributed by atoms with Gasteiger partial charge in [-0.3, -0.25) is 0 Å². The third-order valence-corrected chi connectivity index (χ3v) is 10.5. The number of rotatable bonds is 4. The Labute approximate surface area is 197 Å². The minimum atomic E-state index is -1.38. The molecule has 0 bridgehead atoms. The number of hydrogen-bond acceptors (Lipinski definition) is 7. The SMILES string of the molecule is CC(C=CC(C)C1C(O)C(O)C2C1(C)CCC1C3(C)CCC(O)C(O)C3C(O)CC12O)CO. The summed E-state index contributed by atoms with van der Waals surface area (Å²) in [6.45, 7) is 8.02. The lowest BCUT2D eigenvalue weighted by Gasteiger charge is -2.66. The van der Waals surface area contributed by atoms with Crippen LogP contribution >= 0.6 is 0 Å². The first-order chi connectivity index (χ1) is 15.3. The van der Waals surface area contributed by atoms with Crippen LogP contribution in [0.4, 0.5) is 0 Å². The van der Waals surface area contributed by atoms with Gasteiger partial charge in [0.1, 0.15) is 0 Å². The first kappa shape index (κ1) is 25.5. The fourth-order valence-corrected chi connectivity index (χ4v) is 9.10. The molecule has 4 aliphatic rings. The monoisotopic (exact) mass is 468 g/mol. The van der Waals surface area contributed by atoms with E-state index in [-0.39, 0.29) is 36.7 Å². The third kappa shape index (κ3) is 3.57. The Morgan fingerprint density at radius 1 is 0.848 bits per heavy atom. The van der Waals surface area contributed by atoms with E-state index in [4.69, 9.17) is 0 Å². The summed E-state index contributed by atoms with van der Waals surface area (Å²) in [4.78, 5) is 0. The topological polar surface area (TPSA) is 142 Å². The number of aliphatic hydroxyl groups excluding tert-OH is 6. The van der Waals surface area contributed by atoms with E-state index < -0.39 is 58.8 Å². The first-order valence-electron chi connectivity index (χ1n) is 12.7. The van der Waals surface area contributed by atoms with Crippen LogP contribution in [0.1, 0.15) is 59.8 Å². The molecule has 33 heavy (non-hydrogen) atoms. The summed E-state index contributed by atoms with van der Waals surface area (Å²) in [5, 5.41) is 76.3. The maximum atomic E-state index is 12.3. The molecule has 4 saturated carbocycles. The Morgan fingerprint density at radius 2 is 1.48 bits per heavy atom. The molecule has 7 nitrogen and oxygen atoms in total. The Balaban J connectivity index is 1.71. The van der Waals surface area contributed by atoms with Crippen LogP contribution in [0.25, 0.3) is 0 Å². The Bertz CT molecular complexity index is 759. The average Bonchev–Trinajstić information content (AvgIpc) is 2.94. The second-order valence-electron chi connectivity index (χ2n) is 12.4. The van der Waals surface area contributed by atoms with Crippen molar-refractivity contribution in [2.45, 2.75) is 95.9 Å². The first-order valence-corrected chi connectivity index (χ1v) is 12.7. The van der Waals surface area contributed by atoms with E-state index >= 15 is 0 Å². The minimum Gasteiger partial charge on any atom is -0.396 e. The predicted octanol–water partition coefficient (Wildman–Crippen LogP) is 0.825. The number of allylic oxidation sites excluding steroid dienone is 1. The van der Waals surface area contributed by atoms with E-state index in [9.17, 15) is 35.7 Å². The molecule has 0 radical (unpaired) electrons. The summed E-state index contributed by atoms with van der Waals surface area (Å²) >= 11 is 0. The zero-order valence-electron chi connectivity index (χ0n) is 20.4. The highest BCUT2D eigenvalue weighted by molar-refractivity contribution is 5.23. The zero-order valence-corrected chi connectivity index (χ0v) is 20.4. The summed E-state index contributed by atoms with van der Waals surface area (Å²) in [5.41, 5.74) is -2.49. The summed E-state index contributed by atoms with van der Waals surface area (Å²) < 4.78 is 0. The van der Waals surface area contributed by atoms with E-state index in [2.05, 4.69) is 6.92 Å². The molecule has 0 aromatic carbocycles. The maximum absolute atomic E-state index is 12.3. The molecule has 4 rings (SSSR count). The van der Waals surface area contributed by atoms with Gasteiger partial charge in [0, 0.05) is 24.9 Å². The van der Waals surface area contributed by atoms with Gasteiger partial charge in [-0.15, -0.1) is 0 Å². The molecule has 14 atom stereocenters. The van der Waals surface area contributed by atoms with Gasteiger partial charge in [-0.25, -0.2) is 0 Å². The van der Waals surface area contributed by atoms with Gasteiger partial charge < -0.3 is 35.7 Å². The van der Waals surface area contributed by atoms with Crippen LogP contribution in [-0.4, -0.2) is 78.5 Å². The second kappa shape index (κ2) is 8.54. The zero-order chi connectivity index (χ0) is 24.5. The smallest absolute Gasteiger partial charge is 0.0863 e. The third-order valence-electron chi connectivity index (χ3n) is 10.5. The van der Waals surface area contributed by atoms with Gasteiger partial charge in [0.2, 0.25) is 0 Å². The summed E-state index contributed by atoms with van der Waals surface area (Å²) in [6.07, 6.45) is 1.29. The quantitative estimate of drug-likeness (QED) is 0.303. The van der Waals surface area contributed by atoms with Crippen LogP contribution in [0.15, 0.2) is 12.2 Å². The standard InChI is InChI=1S/C26H44O7/c1-13(12-27)5-6-14(2)18-21(31)22(32)23-25(18,4)10-8-17-24(3)9-7-15(28)20(30)19(24)16(29)11-26(17,23)33/h5-6,13-23,27-33H,7-12H2,1-4H3. The van der Waals surface area contributed by atoms with Gasteiger partial charge in [0.25, 0.3) is 0 Å². The van der Waals surface area contributed by atoms with Crippen molar-refractivity contribution in [3.8, 4) is 0 Å². The molecular weight excluding hydrogens is 424 g/mol. The molecule has 0 amide bonds. The summed E-state index contributed by atoms with van der Waals surface area (Å²) in [6, 6.07) is 0. The van der Waals surface area contributed by atoms with Crippen LogP contribution < -0.4 is 0 Å². The van der Waals surface area contributed by atoms with Crippen molar-refractivity contribution in [3.63, 3.8) is 0 Å². The van der Waals surface area contributed by atoms with E-state index in [1.165, 1.54) is 0 Å². The van der Waals surface area contributed by atoms with Gasteiger partial charge in [-0.05, 0) is 60.2 Å². The summed E-state index contributed by atoms with van der Waals surface area (Å²) in [7, 11) is 0. The average molecular weight is 469 g/mol. The molecule has 7 heteroatoms. The predicted molar refractivity (Wildman–Crippen MR) is 123 cm³/mol. The van der Waals surface area contributed by atoms with Gasteiger partial charge >= 0.3 is 0 Å². The van der Waals surface area contributed by atoms with E-state index in [1.54, 1.807) is 0 Å². The fourth-order valence-electron chi connectivity index (χ4n) is 9.10. The van der Waals surface area contributed by atoms with Crippen molar-refractivity contribution < 1.29 is 35.7 Å². The molecular formula is C26H44O7. The Morgan fingerprint density at radius 3 is 2.12 bits per heavy atom. The van der Waals surface area contributed by atoms with Crippen LogP contribution in [0.2, 0.25) is 0 Å². The number of aliphatic hydroxyl groups is 7. The van der Waals surface area contributed by atoms with E-state index in [0.717, 1.165) is 0 Å². The molecule has 4 fully saturated rings. The molecule has 0 aliphatic heterocycles. The van der Waals surface area contributed by atoms with Gasteiger partial charge in [0.05, 0.1) is 36.1 Å². The Hall–Kier alpha value is -0.540. The highest BCUT2D eigenvalue weighted by atomic mass is 16.3. The van der Waals surface area contributed by atoms with Crippen LogP contribution in [-0.2, 0) is 0 Å². The number of fused-ring (bicyclic) bond motifs is 5. The largest absolute Gasteiger partial charge is 0.396 e. The lowest BCUT2D eigenvalue weighted by atomic mass is 9.41. The molecule has 0 aromatic heterocycles. The molecule has 190 valence electrons. The van der Waals surface area contributed by atoms with E-state index in [1.807, 2.05) is 32.9 Å². The number of hydrogen-bond donors (Lipinski definition) is 7. The van der Waals surface area contributed by atoms with Gasteiger partial charge in [-0.2, -0.15) is 0 Å². The van der Waals surface area contributed by atoms with Crippen molar-refractivity contribution >= 4 is 0 Å². The van der Waals surface area contributed by atoms with Crippen molar-refractivity contribution in [3.05, 3.63) is 12.2 Å². The molecule has 7 N–H and O–H groups in total. The normalized spacial score (nSPS) is 56.2. The van der Waals surface area contributed by atoms with Gasteiger partial charge in [0.15, 0.2) is 0 Å². The molecule has 0 spiro atoms. The fraction of sp³-hybridized carbons (Fsp3) is 0.923. The van der Waals surface area contributed by atoms with Crippen LogP contribution in [0.5, 0.6) is 0 Å². The van der Waals surface area contributed by atoms with Crippen molar-refractivity contribution in [2.75, 3.05) is 6.61 Å². The molecule has 0 aromatic rings. The molecule has 0 heterocycles. The van der Waals surface area contributed by atoms with Crippen LogP contribution in [0, 0.1) is 46.3 Å². The summed E-state index contributed by atoms with van der Waals surface area (Å²) in [5.74, 6) is -1.73. The molecule has 4 aliphatic carbocycles. The van der Waals surface area contributed by atoms with Gasteiger partial charge in [-0.1, -0.05) is 39.8 Å². The minimum absolute atomic E-state index is 0.00195. The lowest BCUT2D eigenvalue weighted by Crippen LogP contribution is -2.71.